The fourth-order valence-electron chi connectivity index (χ4n) is 1.86. The van der Waals surface area contributed by atoms with Gasteiger partial charge in [-0.05, 0) is 18.6 Å². The second kappa shape index (κ2) is 6.95. The van der Waals surface area contributed by atoms with E-state index in [1.54, 1.807) is 25.3 Å². The van der Waals surface area contributed by atoms with Crippen molar-refractivity contribution in [3.8, 4) is 0 Å². The van der Waals surface area contributed by atoms with Crippen molar-refractivity contribution < 1.29 is 9.72 Å². The van der Waals surface area contributed by atoms with E-state index in [1.165, 1.54) is 34.4 Å². The van der Waals surface area contributed by atoms with E-state index in [1.807, 2.05) is 12.3 Å². The van der Waals surface area contributed by atoms with Crippen molar-refractivity contribution in [3.05, 3.63) is 62.1 Å². The summed E-state index contributed by atoms with van der Waals surface area (Å²) in [5, 5.41) is 13.6. The minimum atomic E-state index is -0.449. The highest BCUT2D eigenvalue weighted by molar-refractivity contribution is 7.09. The molecule has 114 valence electrons. The minimum absolute atomic E-state index is 0.0202. The Morgan fingerprint density at radius 1 is 1.50 bits per heavy atom. The van der Waals surface area contributed by atoms with Crippen molar-refractivity contribution in [2.75, 3.05) is 7.05 Å². The van der Waals surface area contributed by atoms with Crippen LogP contribution >= 0.6 is 11.3 Å². The van der Waals surface area contributed by atoms with Gasteiger partial charge in [0.25, 0.3) is 5.69 Å². The molecule has 0 fully saturated rings. The molecule has 7 heteroatoms. The van der Waals surface area contributed by atoms with Crippen LogP contribution in [0.15, 0.2) is 35.7 Å². The van der Waals surface area contributed by atoms with Gasteiger partial charge in [-0.25, -0.2) is 4.98 Å². The third kappa shape index (κ3) is 4.23. The first-order valence-corrected chi connectivity index (χ1v) is 7.42. The van der Waals surface area contributed by atoms with Gasteiger partial charge >= 0.3 is 0 Å². The van der Waals surface area contributed by atoms with Gasteiger partial charge in [0, 0.05) is 37.2 Å². The quantitative estimate of drug-likeness (QED) is 0.482. The number of aromatic nitrogens is 1. The third-order valence-electron chi connectivity index (χ3n) is 2.95. The summed E-state index contributed by atoms with van der Waals surface area (Å²) in [5.41, 5.74) is 1.48. The van der Waals surface area contributed by atoms with Crippen LogP contribution in [0, 0.1) is 17.0 Å². The van der Waals surface area contributed by atoms with Crippen LogP contribution in [0.1, 0.15) is 16.3 Å². The Morgan fingerprint density at radius 3 is 2.91 bits per heavy atom. The molecule has 0 N–H and O–H groups in total. The fourth-order valence-corrected chi connectivity index (χ4v) is 2.44. The molecule has 0 aliphatic rings. The van der Waals surface area contributed by atoms with Crippen LogP contribution < -0.4 is 0 Å². The molecule has 0 radical (unpaired) electrons. The van der Waals surface area contributed by atoms with Gasteiger partial charge in [-0.1, -0.05) is 12.1 Å². The summed E-state index contributed by atoms with van der Waals surface area (Å²) >= 11 is 1.52. The van der Waals surface area contributed by atoms with E-state index in [9.17, 15) is 14.9 Å². The number of thiazole rings is 1. The highest BCUT2D eigenvalue weighted by Crippen LogP contribution is 2.15. The SMILES string of the molecule is Cc1nc(/C=C/C(=O)N(C)Cc2cccc([N+](=O)[O-])c2)cs1. The van der Waals surface area contributed by atoms with Crippen molar-refractivity contribution in [1.29, 1.82) is 0 Å². The molecule has 0 atom stereocenters. The van der Waals surface area contributed by atoms with Crippen LogP contribution in [0.2, 0.25) is 0 Å². The molecular formula is C15H15N3O3S. The van der Waals surface area contributed by atoms with E-state index < -0.39 is 4.92 Å². The number of carbonyl (C=O) groups is 1. The van der Waals surface area contributed by atoms with Crippen LogP contribution in [-0.4, -0.2) is 27.8 Å². The molecule has 1 aromatic carbocycles. The number of likely N-dealkylation sites (N-methyl/N-ethyl adjacent to an activating group) is 1. The second-order valence-corrected chi connectivity index (χ2v) is 5.81. The molecule has 2 rings (SSSR count). The van der Waals surface area contributed by atoms with Gasteiger partial charge in [-0.15, -0.1) is 11.3 Å². The van der Waals surface area contributed by atoms with E-state index in [2.05, 4.69) is 4.98 Å². The Bertz CT molecular complexity index is 724. The molecule has 1 heterocycles. The van der Waals surface area contributed by atoms with Gasteiger partial charge in [0.1, 0.15) is 0 Å². The number of carbonyl (C=O) groups excluding carboxylic acids is 1. The topological polar surface area (TPSA) is 76.3 Å². The number of hydrogen-bond donors (Lipinski definition) is 0. The molecule has 0 aliphatic carbocycles. The summed E-state index contributed by atoms with van der Waals surface area (Å²) in [6.45, 7) is 2.21. The zero-order chi connectivity index (χ0) is 16.1. The van der Waals surface area contributed by atoms with Crippen LogP contribution in [0.25, 0.3) is 6.08 Å². The summed E-state index contributed by atoms with van der Waals surface area (Å²) in [5.74, 6) is -0.183. The molecule has 22 heavy (non-hydrogen) atoms. The second-order valence-electron chi connectivity index (χ2n) is 4.75. The van der Waals surface area contributed by atoms with Gasteiger partial charge < -0.3 is 4.90 Å². The highest BCUT2D eigenvalue weighted by Gasteiger charge is 2.10. The number of amides is 1. The Labute approximate surface area is 131 Å². The zero-order valence-corrected chi connectivity index (χ0v) is 13.0. The van der Waals surface area contributed by atoms with E-state index in [4.69, 9.17) is 0 Å². The molecule has 0 saturated carbocycles. The highest BCUT2D eigenvalue weighted by atomic mass is 32.1. The van der Waals surface area contributed by atoms with E-state index in [0.717, 1.165) is 10.7 Å². The number of rotatable bonds is 5. The molecule has 2 aromatic rings. The Morgan fingerprint density at radius 2 is 2.27 bits per heavy atom. The molecule has 0 bridgehead atoms. The molecule has 1 amide bonds. The van der Waals surface area contributed by atoms with E-state index in [-0.39, 0.29) is 11.6 Å². The van der Waals surface area contributed by atoms with Crippen molar-refractivity contribution >= 4 is 29.0 Å². The molecule has 0 unspecified atom stereocenters. The van der Waals surface area contributed by atoms with Crippen molar-refractivity contribution in [3.63, 3.8) is 0 Å². The van der Waals surface area contributed by atoms with Crippen LogP contribution in [0.5, 0.6) is 0 Å². The summed E-state index contributed by atoms with van der Waals surface area (Å²) < 4.78 is 0. The largest absolute Gasteiger partial charge is 0.338 e. The van der Waals surface area contributed by atoms with E-state index in [0.29, 0.717) is 12.1 Å². The lowest BCUT2D eigenvalue weighted by Gasteiger charge is -2.14. The van der Waals surface area contributed by atoms with Gasteiger partial charge in [-0.3, -0.25) is 14.9 Å². The Hall–Kier alpha value is -2.54. The fraction of sp³-hybridized carbons (Fsp3) is 0.200. The standard InChI is InChI=1S/C15H15N3O3S/c1-11-16-13(10-22-11)6-7-15(19)17(2)9-12-4-3-5-14(8-12)18(20)21/h3-8,10H,9H2,1-2H3/b7-6+. The predicted octanol–water partition coefficient (Wildman–Crippen LogP) is 3.03. The van der Waals surface area contributed by atoms with Crippen molar-refractivity contribution in [1.82, 2.24) is 9.88 Å². The van der Waals surface area contributed by atoms with Gasteiger partial charge in [0.05, 0.1) is 15.6 Å². The van der Waals surface area contributed by atoms with Crippen LogP contribution in [0.4, 0.5) is 5.69 Å². The first kappa shape index (κ1) is 15.8. The van der Waals surface area contributed by atoms with Crippen LogP contribution in [0.3, 0.4) is 0 Å². The number of nitro benzene ring substituents is 1. The summed E-state index contributed by atoms with van der Waals surface area (Å²) in [6, 6.07) is 6.26. The minimum Gasteiger partial charge on any atom is -0.338 e. The van der Waals surface area contributed by atoms with Gasteiger partial charge in [0.15, 0.2) is 0 Å². The maximum Gasteiger partial charge on any atom is 0.269 e. The first-order valence-electron chi connectivity index (χ1n) is 6.54. The molecule has 6 nitrogen and oxygen atoms in total. The number of benzene rings is 1. The number of nitrogens with zero attached hydrogens (tertiary/aromatic N) is 3. The molecule has 0 saturated heterocycles. The lowest BCUT2D eigenvalue weighted by molar-refractivity contribution is -0.384. The first-order chi connectivity index (χ1) is 10.5. The summed E-state index contributed by atoms with van der Waals surface area (Å²) in [6.07, 6.45) is 3.11. The monoisotopic (exact) mass is 317 g/mol. The Balaban J connectivity index is 2.00. The maximum absolute atomic E-state index is 12.0. The molecule has 0 aliphatic heterocycles. The Kier molecular flexibility index (Phi) is 5.00. The maximum atomic E-state index is 12.0. The van der Waals surface area contributed by atoms with Crippen molar-refractivity contribution in [2.45, 2.75) is 13.5 Å². The lowest BCUT2D eigenvalue weighted by Crippen LogP contribution is -2.24. The number of hydrogen-bond acceptors (Lipinski definition) is 5. The molecule has 0 spiro atoms. The third-order valence-corrected chi connectivity index (χ3v) is 3.74. The van der Waals surface area contributed by atoms with Crippen molar-refractivity contribution in [2.24, 2.45) is 0 Å². The number of aryl methyl sites for hydroxylation is 1. The van der Waals surface area contributed by atoms with Crippen LogP contribution in [-0.2, 0) is 11.3 Å². The number of non-ortho nitro benzene ring substituents is 1. The van der Waals surface area contributed by atoms with Gasteiger partial charge in [-0.2, -0.15) is 0 Å². The predicted molar refractivity (Wildman–Crippen MR) is 85.5 cm³/mol. The summed E-state index contributed by atoms with van der Waals surface area (Å²) in [7, 11) is 1.65. The summed E-state index contributed by atoms with van der Waals surface area (Å²) in [4.78, 5) is 28.1. The normalized spacial score (nSPS) is 10.8. The molecular weight excluding hydrogens is 302 g/mol. The average molecular weight is 317 g/mol. The van der Waals surface area contributed by atoms with Gasteiger partial charge in [0.2, 0.25) is 5.91 Å². The number of nitro groups is 1. The zero-order valence-electron chi connectivity index (χ0n) is 12.2. The smallest absolute Gasteiger partial charge is 0.269 e. The van der Waals surface area contributed by atoms with E-state index >= 15 is 0 Å². The lowest BCUT2D eigenvalue weighted by atomic mass is 10.2. The average Bonchev–Trinajstić information content (AvgIpc) is 2.90. The molecule has 1 aromatic heterocycles.